The number of esters is 2. The molecule has 0 aliphatic heterocycles. The highest BCUT2D eigenvalue weighted by Gasteiger charge is 2.25. The Labute approximate surface area is 327 Å². The molecule has 0 spiro atoms. The second-order valence-corrected chi connectivity index (χ2v) is 12.7. The van der Waals surface area contributed by atoms with Crippen molar-refractivity contribution in [3.8, 4) is 34.5 Å². The summed E-state index contributed by atoms with van der Waals surface area (Å²) in [6, 6.07) is 20.0. The summed E-state index contributed by atoms with van der Waals surface area (Å²) in [4.78, 5) is 48.9. The van der Waals surface area contributed by atoms with E-state index in [1.807, 2.05) is 25.5 Å². The highest BCUT2D eigenvalue weighted by Crippen LogP contribution is 2.42. The zero-order valence-corrected chi connectivity index (χ0v) is 32.5. The molecule has 0 radical (unpaired) electrons. The van der Waals surface area contributed by atoms with Gasteiger partial charge in [0, 0.05) is 18.4 Å². The zero-order chi connectivity index (χ0) is 41.4. The maximum atomic E-state index is 11.8. The van der Waals surface area contributed by atoms with E-state index in [4.69, 9.17) is 28.4 Å². The summed E-state index contributed by atoms with van der Waals surface area (Å²) in [6.45, 7) is 7.81. The molecule has 0 bridgehead atoms. The quantitative estimate of drug-likeness (QED) is 0.0628. The van der Waals surface area contributed by atoms with Crippen LogP contribution in [0.25, 0.3) is 21.8 Å². The predicted octanol–water partition coefficient (Wildman–Crippen LogP) is 8.59. The van der Waals surface area contributed by atoms with Crippen molar-refractivity contribution in [2.45, 2.75) is 40.5 Å². The lowest BCUT2D eigenvalue weighted by Crippen LogP contribution is -2.07. The molecule has 16 nitrogen and oxygen atoms in total. The van der Waals surface area contributed by atoms with Crippen molar-refractivity contribution in [3.05, 3.63) is 116 Å². The molecule has 4 aromatic carbocycles. The number of rotatable bonds is 14. The second kappa shape index (κ2) is 18.0. The first kappa shape index (κ1) is 41.1. The van der Waals surface area contributed by atoms with Crippen LogP contribution >= 0.6 is 0 Å². The minimum Gasteiger partial charge on any atom is -0.493 e. The summed E-state index contributed by atoms with van der Waals surface area (Å²) in [6.07, 6.45) is 0.194. The van der Waals surface area contributed by atoms with Crippen LogP contribution in [0.2, 0.25) is 0 Å². The molecular formula is C41H42N4O12. The molecule has 0 aliphatic carbocycles. The Kier molecular flexibility index (Phi) is 13.0. The van der Waals surface area contributed by atoms with Gasteiger partial charge in [-0.25, -0.2) is 0 Å². The summed E-state index contributed by atoms with van der Waals surface area (Å²) in [5.74, 6) is 0.885. The second-order valence-electron chi connectivity index (χ2n) is 12.7. The SMILES string of the molecule is CCOC(=O)Cc1ccc(Oc2ccc3[nH]c(C)cc3c2[N+](=O)[O-])c(OC)c1.CCOC(=O)Cc1ccc(Oc2ccc3c(cc(C)n3C)c2[N+](=O)[O-])c(OC)c1. The average molecular weight is 783 g/mol. The van der Waals surface area contributed by atoms with Crippen molar-refractivity contribution < 1.29 is 47.9 Å². The Bertz CT molecular complexity index is 2470. The highest BCUT2D eigenvalue weighted by molar-refractivity contribution is 5.93. The Balaban J connectivity index is 0.000000218. The lowest BCUT2D eigenvalue weighted by atomic mass is 10.1. The van der Waals surface area contributed by atoms with Crippen molar-refractivity contribution in [2.75, 3.05) is 27.4 Å². The molecule has 6 rings (SSSR count). The normalized spacial score (nSPS) is 10.7. The molecule has 6 aromatic rings. The van der Waals surface area contributed by atoms with Gasteiger partial charge in [-0.1, -0.05) is 12.1 Å². The molecule has 2 aromatic heterocycles. The molecule has 0 fully saturated rings. The number of aromatic amines is 1. The minimum absolute atomic E-state index is 0.0964. The maximum Gasteiger partial charge on any atom is 0.320 e. The van der Waals surface area contributed by atoms with Crippen LogP contribution in [-0.2, 0) is 39.0 Å². The van der Waals surface area contributed by atoms with E-state index in [2.05, 4.69) is 4.98 Å². The predicted molar refractivity (Wildman–Crippen MR) is 211 cm³/mol. The first-order chi connectivity index (χ1) is 27.3. The third-order valence-corrected chi connectivity index (χ3v) is 8.84. The molecule has 16 heteroatoms. The number of hydrogen-bond donors (Lipinski definition) is 1. The molecule has 0 saturated heterocycles. The number of methoxy groups -OCH3 is 2. The molecule has 1 N–H and O–H groups in total. The highest BCUT2D eigenvalue weighted by atomic mass is 16.6. The molecule has 0 unspecified atom stereocenters. The van der Waals surface area contributed by atoms with Crippen LogP contribution in [0.4, 0.5) is 11.4 Å². The number of aryl methyl sites for hydroxylation is 3. The van der Waals surface area contributed by atoms with E-state index in [1.54, 1.807) is 86.6 Å². The van der Waals surface area contributed by atoms with Gasteiger partial charge in [-0.3, -0.25) is 29.8 Å². The van der Waals surface area contributed by atoms with Gasteiger partial charge in [-0.15, -0.1) is 0 Å². The summed E-state index contributed by atoms with van der Waals surface area (Å²) < 4.78 is 34.2. The number of hydrogen-bond acceptors (Lipinski definition) is 12. The molecule has 2 heterocycles. The molecule has 0 saturated carbocycles. The topological polar surface area (TPSA) is 197 Å². The van der Waals surface area contributed by atoms with Crippen LogP contribution in [-0.4, -0.2) is 58.8 Å². The first-order valence-corrected chi connectivity index (χ1v) is 17.8. The third kappa shape index (κ3) is 9.41. The lowest BCUT2D eigenvalue weighted by Gasteiger charge is -2.12. The van der Waals surface area contributed by atoms with Gasteiger partial charge >= 0.3 is 23.3 Å². The fourth-order valence-electron chi connectivity index (χ4n) is 6.16. The monoisotopic (exact) mass is 782 g/mol. The van der Waals surface area contributed by atoms with Crippen molar-refractivity contribution in [1.29, 1.82) is 0 Å². The fourth-order valence-corrected chi connectivity index (χ4v) is 6.16. The largest absolute Gasteiger partial charge is 0.493 e. The van der Waals surface area contributed by atoms with Crippen LogP contribution < -0.4 is 18.9 Å². The summed E-state index contributed by atoms with van der Waals surface area (Å²) in [5, 5.41) is 24.4. The summed E-state index contributed by atoms with van der Waals surface area (Å²) >= 11 is 0. The van der Waals surface area contributed by atoms with Crippen molar-refractivity contribution in [1.82, 2.24) is 9.55 Å². The molecule has 0 amide bonds. The van der Waals surface area contributed by atoms with E-state index in [0.29, 0.717) is 63.6 Å². The van der Waals surface area contributed by atoms with E-state index >= 15 is 0 Å². The van der Waals surface area contributed by atoms with Crippen LogP contribution in [0, 0.1) is 34.1 Å². The number of H-pyrrole nitrogens is 1. The average Bonchev–Trinajstić information content (AvgIpc) is 3.69. The number of ether oxygens (including phenoxy) is 6. The maximum absolute atomic E-state index is 11.8. The molecular weight excluding hydrogens is 740 g/mol. The smallest absolute Gasteiger partial charge is 0.320 e. The number of benzene rings is 4. The van der Waals surface area contributed by atoms with Gasteiger partial charge in [0.25, 0.3) is 0 Å². The fraction of sp³-hybridized carbons (Fsp3) is 0.268. The number of carbonyl (C=O) groups excluding carboxylic acids is 2. The minimum atomic E-state index is -0.466. The molecule has 0 atom stereocenters. The van der Waals surface area contributed by atoms with Gasteiger partial charge in [-0.05, 0) is 99.5 Å². The van der Waals surface area contributed by atoms with Crippen LogP contribution in [0.15, 0.2) is 72.8 Å². The Morgan fingerprint density at radius 1 is 0.649 bits per heavy atom. The van der Waals surface area contributed by atoms with Crippen molar-refractivity contribution in [2.24, 2.45) is 7.05 Å². The molecule has 0 aliphatic rings. The third-order valence-electron chi connectivity index (χ3n) is 8.84. The van der Waals surface area contributed by atoms with Crippen molar-refractivity contribution >= 4 is 45.1 Å². The van der Waals surface area contributed by atoms with E-state index in [1.165, 1.54) is 14.2 Å². The number of carbonyl (C=O) groups is 2. The van der Waals surface area contributed by atoms with E-state index in [-0.39, 0.29) is 47.7 Å². The number of nitrogens with zero attached hydrogens (tertiary/aromatic N) is 3. The lowest BCUT2D eigenvalue weighted by molar-refractivity contribution is -0.383. The number of nitro benzene ring substituents is 2. The van der Waals surface area contributed by atoms with Crippen LogP contribution in [0.5, 0.6) is 34.5 Å². The Morgan fingerprint density at radius 3 is 1.60 bits per heavy atom. The van der Waals surface area contributed by atoms with E-state index in [9.17, 15) is 29.8 Å². The summed E-state index contributed by atoms with van der Waals surface area (Å²) in [5.41, 5.74) is 4.28. The number of fused-ring (bicyclic) bond motifs is 2. The Hall–Kier alpha value is -7.10. The van der Waals surface area contributed by atoms with E-state index < -0.39 is 9.85 Å². The van der Waals surface area contributed by atoms with Crippen LogP contribution in [0.3, 0.4) is 0 Å². The van der Waals surface area contributed by atoms with Gasteiger partial charge in [0.1, 0.15) is 0 Å². The van der Waals surface area contributed by atoms with Gasteiger partial charge in [0.2, 0.25) is 11.5 Å². The number of nitrogens with one attached hydrogen (secondary N) is 1. The standard InChI is InChI=1S/C21H22N2O6.C20H20N2O6/c1-5-28-20(24)12-14-6-8-17(19(11-14)27-4)29-18-9-7-16-15(21(18)23(25)26)10-13(2)22(16)3;1-4-27-19(23)11-13-5-7-16(18(10-13)26-3)28-17-8-6-15-14(9-12(2)21-15)20(17)22(24)25/h6-11H,5,12H2,1-4H3;5-10,21H,4,11H2,1-3H3. The van der Waals surface area contributed by atoms with Gasteiger partial charge in [0.05, 0.1) is 71.9 Å². The summed E-state index contributed by atoms with van der Waals surface area (Å²) in [7, 11) is 4.78. The van der Waals surface area contributed by atoms with Gasteiger partial charge in [0.15, 0.2) is 23.0 Å². The molecule has 57 heavy (non-hydrogen) atoms. The molecule has 298 valence electrons. The van der Waals surface area contributed by atoms with Gasteiger partial charge in [-0.2, -0.15) is 0 Å². The van der Waals surface area contributed by atoms with Crippen LogP contribution in [0.1, 0.15) is 36.4 Å². The van der Waals surface area contributed by atoms with Gasteiger partial charge < -0.3 is 38.0 Å². The number of nitro groups is 2. The zero-order valence-electron chi connectivity index (χ0n) is 32.5. The van der Waals surface area contributed by atoms with Crippen molar-refractivity contribution in [3.63, 3.8) is 0 Å². The Morgan fingerprint density at radius 2 is 1.12 bits per heavy atom. The van der Waals surface area contributed by atoms with E-state index in [0.717, 1.165) is 16.9 Å². The first-order valence-electron chi connectivity index (χ1n) is 17.8. The number of aromatic nitrogens is 2.